The molecule has 0 aliphatic carbocycles. The van der Waals surface area contributed by atoms with E-state index >= 15 is 0 Å². The second-order valence-electron chi connectivity index (χ2n) is 6.70. The van der Waals surface area contributed by atoms with E-state index in [1.165, 1.54) is 0 Å². The maximum Gasteiger partial charge on any atom is 0.243 e. The molecular weight excluding hydrogens is 322 g/mol. The third-order valence-electron chi connectivity index (χ3n) is 5.54. The Morgan fingerprint density at radius 1 is 0.875 bits per heavy atom. The summed E-state index contributed by atoms with van der Waals surface area (Å²) in [6.45, 7) is 13.7. The lowest BCUT2D eigenvalue weighted by Gasteiger charge is -2.36. The molecule has 1 aromatic rings. The van der Waals surface area contributed by atoms with Crippen LogP contribution < -0.4 is 0 Å². The van der Waals surface area contributed by atoms with Crippen molar-refractivity contribution in [1.29, 1.82) is 5.26 Å². The van der Waals surface area contributed by atoms with E-state index in [1.54, 1.807) is 4.31 Å². The van der Waals surface area contributed by atoms with Gasteiger partial charge in [-0.1, -0.05) is 0 Å². The molecule has 0 amide bonds. The summed E-state index contributed by atoms with van der Waals surface area (Å²) >= 11 is 0. The van der Waals surface area contributed by atoms with Crippen molar-refractivity contribution in [3.8, 4) is 6.07 Å². The Hall–Kier alpha value is -1.42. The van der Waals surface area contributed by atoms with Crippen LogP contribution >= 0.6 is 0 Å². The van der Waals surface area contributed by atoms with Gasteiger partial charge < -0.3 is 0 Å². The zero-order valence-electron chi connectivity index (χ0n) is 15.5. The van der Waals surface area contributed by atoms with E-state index < -0.39 is 10.0 Å². The maximum absolute atomic E-state index is 13.2. The van der Waals surface area contributed by atoms with E-state index in [0.29, 0.717) is 31.1 Å². The highest BCUT2D eigenvalue weighted by molar-refractivity contribution is 7.89. The molecule has 1 aliphatic rings. The molecule has 1 atom stereocenters. The Morgan fingerprint density at radius 3 is 1.71 bits per heavy atom. The fourth-order valence-electron chi connectivity index (χ4n) is 3.39. The zero-order chi connectivity index (χ0) is 18.2. The van der Waals surface area contributed by atoms with Crippen molar-refractivity contribution in [2.45, 2.75) is 52.5 Å². The third-order valence-corrected chi connectivity index (χ3v) is 7.71. The Balaban J connectivity index is 2.39. The first-order chi connectivity index (χ1) is 11.1. The van der Waals surface area contributed by atoms with Gasteiger partial charge in [0.15, 0.2) is 0 Å². The average molecular weight is 350 g/mol. The minimum atomic E-state index is -3.52. The lowest BCUT2D eigenvalue weighted by Crippen LogP contribution is -2.51. The van der Waals surface area contributed by atoms with Crippen molar-refractivity contribution >= 4 is 10.0 Å². The molecule has 1 aromatic carbocycles. The first-order valence-corrected chi connectivity index (χ1v) is 9.77. The van der Waals surface area contributed by atoms with Gasteiger partial charge in [0.2, 0.25) is 10.0 Å². The molecule has 6 heteroatoms. The molecule has 0 spiro atoms. The second-order valence-corrected chi connectivity index (χ2v) is 8.57. The molecule has 0 N–H and O–H groups in total. The largest absolute Gasteiger partial charge is 0.286 e. The molecule has 0 radical (unpaired) electrons. The smallest absolute Gasteiger partial charge is 0.243 e. The summed E-state index contributed by atoms with van der Waals surface area (Å²) in [6, 6.07) is 2.04. The SMILES string of the molecule is Cc1c(C)c(C)c(S(=O)(=O)N2CCN([C@@H](C)C#N)CC2)c(C)c1C. The van der Waals surface area contributed by atoms with Crippen molar-refractivity contribution in [3.05, 3.63) is 27.8 Å². The topological polar surface area (TPSA) is 64.4 Å². The molecule has 0 aromatic heterocycles. The highest BCUT2D eigenvalue weighted by Gasteiger charge is 2.33. The highest BCUT2D eigenvalue weighted by Crippen LogP contribution is 2.31. The Bertz CT molecular complexity index is 756. The van der Waals surface area contributed by atoms with Crippen molar-refractivity contribution in [3.63, 3.8) is 0 Å². The quantitative estimate of drug-likeness (QED) is 0.841. The maximum atomic E-state index is 13.2. The number of rotatable bonds is 3. The number of nitriles is 1. The Labute approximate surface area is 145 Å². The van der Waals surface area contributed by atoms with Gasteiger partial charge in [-0.2, -0.15) is 9.57 Å². The molecular formula is C18H27N3O2S. The van der Waals surface area contributed by atoms with Gasteiger partial charge in [0.25, 0.3) is 0 Å². The average Bonchev–Trinajstić information content (AvgIpc) is 2.57. The summed E-state index contributed by atoms with van der Waals surface area (Å²) in [6.07, 6.45) is 0. The summed E-state index contributed by atoms with van der Waals surface area (Å²) in [5.74, 6) is 0. The summed E-state index contributed by atoms with van der Waals surface area (Å²) in [5, 5.41) is 9.03. The first kappa shape index (κ1) is 18.9. The van der Waals surface area contributed by atoms with Gasteiger partial charge in [0, 0.05) is 26.2 Å². The van der Waals surface area contributed by atoms with Crippen molar-refractivity contribution in [1.82, 2.24) is 9.21 Å². The minimum absolute atomic E-state index is 0.179. The van der Waals surface area contributed by atoms with Crippen LogP contribution in [0.4, 0.5) is 0 Å². The molecule has 1 saturated heterocycles. The fraction of sp³-hybridized carbons (Fsp3) is 0.611. The molecule has 132 valence electrons. The molecule has 0 unspecified atom stereocenters. The Morgan fingerprint density at radius 2 is 1.29 bits per heavy atom. The van der Waals surface area contributed by atoms with Crippen LogP contribution in [0.5, 0.6) is 0 Å². The summed E-state index contributed by atoms with van der Waals surface area (Å²) in [5.41, 5.74) is 4.96. The van der Waals surface area contributed by atoms with Crippen LogP contribution in [0.25, 0.3) is 0 Å². The van der Waals surface area contributed by atoms with E-state index in [0.717, 1.165) is 27.8 Å². The molecule has 1 fully saturated rings. The number of sulfonamides is 1. The molecule has 24 heavy (non-hydrogen) atoms. The van der Waals surface area contributed by atoms with Crippen LogP contribution in [0.3, 0.4) is 0 Å². The predicted octanol–water partition coefficient (Wildman–Crippen LogP) is 2.45. The van der Waals surface area contributed by atoms with Gasteiger partial charge >= 0.3 is 0 Å². The van der Waals surface area contributed by atoms with Crippen LogP contribution in [0.2, 0.25) is 0 Å². The summed E-state index contributed by atoms with van der Waals surface area (Å²) < 4.78 is 28.0. The van der Waals surface area contributed by atoms with Gasteiger partial charge in [-0.05, 0) is 69.4 Å². The van der Waals surface area contributed by atoms with Gasteiger partial charge in [0.05, 0.1) is 17.0 Å². The third kappa shape index (κ3) is 3.08. The van der Waals surface area contributed by atoms with E-state index in [1.807, 2.05) is 46.4 Å². The number of hydrogen-bond acceptors (Lipinski definition) is 4. The van der Waals surface area contributed by atoms with Gasteiger partial charge in [0.1, 0.15) is 0 Å². The van der Waals surface area contributed by atoms with Gasteiger partial charge in [-0.25, -0.2) is 8.42 Å². The summed E-state index contributed by atoms with van der Waals surface area (Å²) in [7, 11) is -3.52. The minimum Gasteiger partial charge on any atom is -0.286 e. The first-order valence-electron chi connectivity index (χ1n) is 8.33. The van der Waals surface area contributed by atoms with Gasteiger partial charge in [-0.15, -0.1) is 0 Å². The molecule has 0 saturated carbocycles. The van der Waals surface area contributed by atoms with Crippen LogP contribution in [0.1, 0.15) is 34.7 Å². The van der Waals surface area contributed by atoms with Crippen LogP contribution in [0.15, 0.2) is 4.90 Å². The van der Waals surface area contributed by atoms with Crippen LogP contribution in [0, 0.1) is 45.9 Å². The lowest BCUT2D eigenvalue weighted by atomic mass is 9.95. The standard InChI is InChI=1S/C18H27N3O2S/c1-12(11-19)20-7-9-21(10-8-20)24(22,23)18-16(5)14(3)13(2)15(4)17(18)6/h12H,7-10H2,1-6H3/t12-/m0/s1. The van der Waals surface area contributed by atoms with E-state index in [2.05, 4.69) is 6.07 Å². The number of benzene rings is 1. The zero-order valence-corrected chi connectivity index (χ0v) is 16.3. The number of piperazine rings is 1. The fourth-order valence-corrected chi connectivity index (χ4v) is 5.38. The van der Waals surface area contributed by atoms with Crippen LogP contribution in [-0.2, 0) is 10.0 Å². The predicted molar refractivity (Wildman–Crippen MR) is 95.5 cm³/mol. The molecule has 5 nitrogen and oxygen atoms in total. The van der Waals surface area contributed by atoms with Crippen molar-refractivity contribution in [2.24, 2.45) is 0 Å². The lowest BCUT2D eigenvalue weighted by molar-refractivity contribution is 0.169. The van der Waals surface area contributed by atoms with E-state index in [-0.39, 0.29) is 6.04 Å². The second kappa shape index (κ2) is 6.83. The molecule has 0 bridgehead atoms. The number of hydrogen-bond donors (Lipinski definition) is 0. The van der Waals surface area contributed by atoms with Crippen molar-refractivity contribution in [2.75, 3.05) is 26.2 Å². The monoisotopic (exact) mass is 349 g/mol. The van der Waals surface area contributed by atoms with E-state index in [9.17, 15) is 8.42 Å². The molecule has 1 heterocycles. The summed E-state index contributed by atoms with van der Waals surface area (Å²) in [4.78, 5) is 2.49. The van der Waals surface area contributed by atoms with Crippen molar-refractivity contribution < 1.29 is 8.42 Å². The molecule has 2 rings (SSSR count). The van der Waals surface area contributed by atoms with E-state index in [4.69, 9.17) is 5.26 Å². The van der Waals surface area contributed by atoms with Gasteiger partial charge in [-0.3, -0.25) is 4.90 Å². The Kier molecular flexibility index (Phi) is 5.38. The normalized spacial score (nSPS) is 18.4. The van der Waals surface area contributed by atoms with Crippen LogP contribution in [-0.4, -0.2) is 49.8 Å². The number of nitrogens with zero attached hydrogens (tertiary/aromatic N) is 3. The molecule has 1 aliphatic heterocycles. The highest BCUT2D eigenvalue weighted by atomic mass is 32.2.